The summed E-state index contributed by atoms with van der Waals surface area (Å²) in [6.07, 6.45) is 0.814. The molecule has 2 N–H and O–H groups in total. The van der Waals surface area contributed by atoms with Crippen LogP contribution in [-0.2, 0) is 18.2 Å². The van der Waals surface area contributed by atoms with Crippen molar-refractivity contribution >= 4 is 5.91 Å². The van der Waals surface area contributed by atoms with E-state index >= 15 is 0 Å². The molecule has 102 valence electrons. The van der Waals surface area contributed by atoms with Crippen LogP contribution in [0, 0.1) is 0 Å². The molecule has 6 nitrogen and oxygen atoms in total. The third-order valence-corrected chi connectivity index (χ3v) is 2.75. The quantitative estimate of drug-likeness (QED) is 0.777. The summed E-state index contributed by atoms with van der Waals surface area (Å²) in [7, 11) is 5.10. The number of amides is 1. The molecule has 0 radical (unpaired) electrons. The maximum Gasteiger partial charge on any atom is 0.271 e. The lowest BCUT2D eigenvalue weighted by Gasteiger charge is -2.20. The summed E-state index contributed by atoms with van der Waals surface area (Å²) in [4.78, 5) is 13.8. The number of ether oxygens (including phenoxy) is 1. The van der Waals surface area contributed by atoms with Crippen LogP contribution in [0.3, 0.4) is 0 Å². The molecule has 0 fully saturated rings. The molecule has 6 heteroatoms. The van der Waals surface area contributed by atoms with E-state index in [-0.39, 0.29) is 11.9 Å². The molecule has 1 aromatic rings. The minimum atomic E-state index is -0.178. The zero-order chi connectivity index (χ0) is 13.7. The number of aryl methyl sites for hydroxylation is 2. The maximum atomic E-state index is 12.2. The van der Waals surface area contributed by atoms with Gasteiger partial charge in [-0.05, 0) is 12.5 Å². The number of carbonyl (C=O) groups is 1. The summed E-state index contributed by atoms with van der Waals surface area (Å²) in [6, 6.07) is 1.64. The molecule has 18 heavy (non-hydrogen) atoms. The highest BCUT2D eigenvalue weighted by Crippen LogP contribution is 2.07. The average molecular weight is 254 g/mol. The van der Waals surface area contributed by atoms with Crippen molar-refractivity contribution in [3.05, 3.63) is 17.5 Å². The van der Waals surface area contributed by atoms with E-state index in [1.54, 1.807) is 30.8 Å². The van der Waals surface area contributed by atoms with Crippen molar-refractivity contribution in [1.82, 2.24) is 14.7 Å². The Hall–Kier alpha value is -1.40. The number of carbonyl (C=O) groups excluding carboxylic acids is 1. The van der Waals surface area contributed by atoms with Gasteiger partial charge in [0.2, 0.25) is 0 Å². The molecule has 1 heterocycles. The third-order valence-electron chi connectivity index (χ3n) is 2.75. The number of nitrogens with two attached hydrogens (primary N) is 1. The van der Waals surface area contributed by atoms with Crippen LogP contribution in [0.1, 0.15) is 23.1 Å². The Morgan fingerprint density at radius 2 is 2.33 bits per heavy atom. The van der Waals surface area contributed by atoms with Gasteiger partial charge in [0, 0.05) is 33.8 Å². The van der Waals surface area contributed by atoms with E-state index in [1.807, 2.05) is 13.0 Å². The molecule has 1 amide bonds. The Bertz CT molecular complexity index is 403. The first-order valence-electron chi connectivity index (χ1n) is 6.02. The molecule has 1 atom stereocenters. The summed E-state index contributed by atoms with van der Waals surface area (Å²) in [5.74, 6) is -0.0729. The monoisotopic (exact) mass is 254 g/mol. The molecule has 0 aliphatic heterocycles. The van der Waals surface area contributed by atoms with E-state index in [0.29, 0.717) is 18.8 Å². The topological polar surface area (TPSA) is 73.4 Å². The molecule has 1 unspecified atom stereocenters. The Morgan fingerprint density at radius 3 is 2.83 bits per heavy atom. The van der Waals surface area contributed by atoms with Gasteiger partial charge in [-0.2, -0.15) is 5.10 Å². The molecule has 0 aliphatic carbocycles. The molecular weight excluding hydrogens is 232 g/mol. The summed E-state index contributed by atoms with van der Waals surface area (Å²) in [5.41, 5.74) is 7.32. The van der Waals surface area contributed by atoms with Crippen molar-refractivity contribution < 1.29 is 9.53 Å². The Labute approximate surface area is 108 Å². The molecule has 0 spiro atoms. The molecule has 0 bridgehead atoms. The largest absolute Gasteiger partial charge is 0.383 e. The molecule has 0 aliphatic rings. The molecule has 1 rings (SSSR count). The first kappa shape index (κ1) is 14.7. The van der Waals surface area contributed by atoms with Gasteiger partial charge in [-0.3, -0.25) is 9.48 Å². The summed E-state index contributed by atoms with van der Waals surface area (Å²) >= 11 is 0. The summed E-state index contributed by atoms with van der Waals surface area (Å²) in [6.45, 7) is 2.90. The number of hydrogen-bond acceptors (Lipinski definition) is 4. The highest BCUT2D eigenvalue weighted by molar-refractivity contribution is 5.92. The first-order chi connectivity index (χ1) is 8.49. The lowest BCUT2D eigenvalue weighted by atomic mass is 10.2. The number of nitrogens with zero attached hydrogens (tertiary/aromatic N) is 3. The van der Waals surface area contributed by atoms with Crippen LogP contribution in [0.5, 0.6) is 0 Å². The summed E-state index contributed by atoms with van der Waals surface area (Å²) in [5, 5.41) is 4.26. The second-order valence-electron chi connectivity index (χ2n) is 4.40. The van der Waals surface area contributed by atoms with Gasteiger partial charge in [-0.25, -0.2) is 0 Å². The highest BCUT2D eigenvalue weighted by atomic mass is 16.5. The molecule has 0 saturated carbocycles. The van der Waals surface area contributed by atoms with Gasteiger partial charge in [0.1, 0.15) is 5.69 Å². The van der Waals surface area contributed by atoms with Crippen LogP contribution >= 0.6 is 0 Å². The third kappa shape index (κ3) is 3.54. The van der Waals surface area contributed by atoms with E-state index in [0.717, 1.165) is 12.1 Å². The molecule has 0 saturated heterocycles. The summed E-state index contributed by atoms with van der Waals surface area (Å²) < 4.78 is 6.57. The zero-order valence-electron chi connectivity index (χ0n) is 11.5. The molecule has 0 aromatic carbocycles. The van der Waals surface area contributed by atoms with Crippen LogP contribution in [-0.4, -0.2) is 53.9 Å². The van der Waals surface area contributed by atoms with Gasteiger partial charge in [0.25, 0.3) is 5.91 Å². The van der Waals surface area contributed by atoms with Crippen molar-refractivity contribution in [2.45, 2.75) is 19.4 Å². The van der Waals surface area contributed by atoms with Crippen LogP contribution in [0.25, 0.3) is 0 Å². The van der Waals surface area contributed by atoms with Crippen LogP contribution < -0.4 is 5.73 Å². The number of methoxy groups -OCH3 is 1. The number of rotatable bonds is 6. The standard InChI is InChI=1S/C12H22N4O2/c1-5-10-6-11(16(3)14-10)12(17)15(2)7-9(13)8-18-4/h6,9H,5,7-8,13H2,1-4H3. The SMILES string of the molecule is CCc1cc(C(=O)N(C)CC(N)COC)n(C)n1. The minimum absolute atomic E-state index is 0.0729. The van der Waals surface area contributed by atoms with E-state index in [1.165, 1.54) is 0 Å². The second kappa shape index (κ2) is 6.51. The lowest BCUT2D eigenvalue weighted by Crippen LogP contribution is -2.41. The van der Waals surface area contributed by atoms with E-state index in [2.05, 4.69) is 5.10 Å². The first-order valence-corrected chi connectivity index (χ1v) is 6.02. The van der Waals surface area contributed by atoms with Crippen molar-refractivity contribution in [3.8, 4) is 0 Å². The fraction of sp³-hybridized carbons (Fsp3) is 0.667. The van der Waals surface area contributed by atoms with E-state index in [9.17, 15) is 4.79 Å². The average Bonchev–Trinajstić information content (AvgIpc) is 2.69. The molecule has 1 aromatic heterocycles. The zero-order valence-corrected chi connectivity index (χ0v) is 11.5. The minimum Gasteiger partial charge on any atom is -0.383 e. The van der Waals surface area contributed by atoms with Gasteiger partial charge in [-0.1, -0.05) is 6.92 Å². The van der Waals surface area contributed by atoms with Gasteiger partial charge in [-0.15, -0.1) is 0 Å². The van der Waals surface area contributed by atoms with Crippen LogP contribution in [0.4, 0.5) is 0 Å². The Morgan fingerprint density at radius 1 is 1.67 bits per heavy atom. The smallest absolute Gasteiger partial charge is 0.271 e. The Kier molecular flexibility index (Phi) is 5.30. The van der Waals surface area contributed by atoms with Crippen molar-refractivity contribution in [1.29, 1.82) is 0 Å². The van der Waals surface area contributed by atoms with E-state index in [4.69, 9.17) is 10.5 Å². The fourth-order valence-electron chi connectivity index (χ4n) is 1.80. The van der Waals surface area contributed by atoms with Gasteiger partial charge in [0.15, 0.2) is 0 Å². The van der Waals surface area contributed by atoms with Crippen molar-refractivity contribution in [2.75, 3.05) is 27.3 Å². The molecular formula is C12H22N4O2. The fourth-order valence-corrected chi connectivity index (χ4v) is 1.80. The normalized spacial score (nSPS) is 12.5. The highest BCUT2D eigenvalue weighted by Gasteiger charge is 2.18. The number of hydrogen-bond donors (Lipinski definition) is 1. The number of aromatic nitrogens is 2. The maximum absolute atomic E-state index is 12.2. The predicted molar refractivity (Wildman–Crippen MR) is 69.4 cm³/mol. The predicted octanol–water partition coefficient (Wildman–Crippen LogP) is 0.0282. The van der Waals surface area contributed by atoms with Crippen LogP contribution in [0.2, 0.25) is 0 Å². The number of likely N-dealkylation sites (N-methyl/N-ethyl adjacent to an activating group) is 1. The van der Waals surface area contributed by atoms with Gasteiger partial charge in [0.05, 0.1) is 12.3 Å². The van der Waals surface area contributed by atoms with Gasteiger partial charge < -0.3 is 15.4 Å². The second-order valence-corrected chi connectivity index (χ2v) is 4.40. The van der Waals surface area contributed by atoms with Gasteiger partial charge >= 0.3 is 0 Å². The van der Waals surface area contributed by atoms with E-state index < -0.39 is 0 Å². The lowest BCUT2D eigenvalue weighted by molar-refractivity contribution is 0.0754. The Balaban J connectivity index is 2.70. The van der Waals surface area contributed by atoms with Crippen LogP contribution in [0.15, 0.2) is 6.07 Å². The van der Waals surface area contributed by atoms with Crippen molar-refractivity contribution in [3.63, 3.8) is 0 Å². The van der Waals surface area contributed by atoms with Crippen molar-refractivity contribution in [2.24, 2.45) is 12.8 Å².